The van der Waals surface area contributed by atoms with E-state index in [1.165, 1.54) is 13.0 Å². The summed E-state index contributed by atoms with van der Waals surface area (Å²) in [6, 6.07) is 16.1. The zero-order valence-corrected chi connectivity index (χ0v) is 17.8. The minimum absolute atomic E-state index is 0.00344. The number of likely N-dealkylation sites (tertiary alicyclic amines) is 1. The minimum Gasteiger partial charge on any atom is -0.454 e. The molecule has 0 spiro atoms. The Bertz CT molecular complexity index is 858. The van der Waals surface area contributed by atoms with E-state index in [2.05, 4.69) is 6.92 Å². The molecule has 1 amide bonds. The molecule has 2 aliphatic rings. The highest BCUT2D eigenvalue weighted by Gasteiger charge is 2.33. The second-order valence-electron chi connectivity index (χ2n) is 8.03. The Morgan fingerprint density at radius 1 is 1.20 bits per heavy atom. The van der Waals surface area contributed by atoms with Gasteiger partial charge in [-0.3, -0.25) is 4.79 Å². The smallest absolute Gasteiger partial charge is 0.256 e. The number of rotatable bonds is 8. The summed E-state index contributed by atoms with van der Waals surface area (Å²) in [5.74, 6) is 1.50. The van der Waals surface area contributed by atoms with Gasteiger partial charge in [-0.25, -0.2) is 0 Å². The molecule has 1 unspecified atom stereocenters. The number of hydrogen-bond donors (Lipinski definition) is 1. The number of benzene rings is 2. The highest BCUT2D eigenvalue weighted by molar-refractivity contribution is 5.82. The van der Waals surface area contributed by atoms with Gasteiger partial charge in [-0.2, -0.15) is 0 Å². The average molecular weight is 412 g/mol. The predicted octanol–water partition coefficient (Wildman–Crippen LogP) is 2.20. The first-order valence-electron chi connectivity index (χ1n) is 10.8. The molecule has 3 atom stereocenters. The van der Waals surface area contributed by atoms with E-state index in [9.17, 15) is 4.79 Å². The van der Waals surface area contributed by atoms with Crippen LogP contribution in [-0.4, -0.2) is 50.4 Å². The SMILES string of the molecule is CC[NH+]1CCC[C@H]1CN(Cc1ccc2c(c1)OCO2)C(=O)[C@H](OC)c1ccccc1. The summed E-state index contributed by atoms with van der Waals surface area (Å²) in [4.78, 5) is 17.2. The van der Waals surface area contributed by atoms with Gasteiger partial charge in [0.1, 0.15) is 6.04 Å². The van der Waals surface area contributed by atoms with Crippen molar-refractivity contribution in [3.63, 3.8) is 0 Å². The lowest BCUT2D eigenvalue weighted by Crippen LogP contribution is -3.14. The van der Waals surface area contributed by atoms with Gasteiger partial charge in [0.05, 0.1) is 19.6 Å². The first-order valence-corrected chi connectivity index (χ1v) is 10.8. The maximum atomic E-state index is 13.6. The molecule has 160 valence electrons. The number of nitrogens with zero attached hydrogens (tertiary/aromatic N) is 1. The van der Waals surface area contributed by atoms with Crippen LogP contribution >= 0.6 is 0 Å². The van der Waals surface area contributed by atoms with Crippen molar-refractivity contribution in [2.24, 2.45) is 0 Å². The molecule has 2 aromatic carbocycles. The van der Waals surface area contributed by atoms with Gasteiger partial charge in [0, 0.05) is 26.5 Å². The molecule has 0 radical (unpaired) electrons. The van der Waals surface area contributed by atoms with Crippen molar-refractivity contribution in [2.75, 3.05) is 33.5 Å². The molecular formula is C24H31N2O4+. The molecule has 0 aromatic heterocycles. The van der Waals surface area contributed by atoms with E-state index in [1.54, 1.807) is 12.0 Å². The molecule has 1 saturated heterocycles. The Labute approximate surface area is 178 Å². The second kappa shape index (κ2) is 9.49. The van der Waals surface area contributed by atoms with Crippen LogP contribution in [0.25, 0.3) is 0 Å². The first kappa shape index (κ1) is 20.7. The number of amides is 1. The van der Waals surface area contributed by atoms with Crippen LogP contribution in [0.5, 0.6) is 11.5 Å². The summed E-state index contributed by atoms with van der Waals surface area (Å²) in [6.45, 7) is 5.99. The maximum absolute atomic E-state index is 13.6. The summed E-state index contributed by atoms with van der Waals surface area (Å²) in [7, 11) is 1.60. The summed E-state index contributed by atoms with van der Waals surface area (Å²) < 4.78 is 16.6. The van der Waals surface area contributed by atoms with Crippen molar-refractivity contribution >= 4 is 5.91 Å². The fraction of sp³-hybridized carbons (Fsp3) is 0.458. The topological polar surface area (TPSA) is 52.4 Å². The zero-order chi connectivity index (χ0) is 20.9. The van der Waals surface area contributed by atoms with Gasteiger partial charge in [0.15, 0.2) is 17.6 Å². The molecule has 6 nitrogen and oxygen atoms in total. The Morgan fingerprint density at radius 2 is 2.00 bits per heavy atom. The quantitative estimate of drug-likeness (QED) is 0.724. The summed E-state index contributed by atoms with van der Waals surface area (Å²) in [5.41, 5.74) is 1.92. The van der Waals surface area contributed by atoms with E-state index in [4.69, 9.17) is 14.2 Å². The van der Waals surface area contributed by atoms with Crippen LogP contribution in [0.4, 0.5) is 0 Å². The maximum Gasteiger partial charge on any atom is 0.256 e. The molecule has 6 heteroatoms. The van der Waals surface area contributed by atoms with Crippen LogP contribution in [0.2, 0.25) is 0 Å². The summed E-state index contributed by atoms with van der Waals surface area (Å²) in [5, 5.41) is 0. The lowest BCUT2D eigenvalue weighted by molar-refractivity contribution is -0.909. The van der Waals surface area contributed by atoms with Crippen LogP contribution in [-0.2, 0) is 16.1 Å². The van der Waals surface area contributed by atoms with Crippen LogP contribution in [0.3, 0.4) is 0 Å². The molecule has 2 aliphatic heterocycles. The minimum atomic E-state index is -0.605. The Morgan fingerprint density at radius 3 is 2.77 bits per heavy atom. The summed E-state index contributed by atoms with van der Waals surface area (Å²) in [6.07, 6.45) is 1.76. The van der Waals surface area contributed by atoms with Crippen molar-refractivity contribution in [3.8, 4) is 11.5 Å². The Hall–Kier alpha value is -2.57. The van der Waals surface area contributed by atoms with E-state index in [1.807, 2.05) is 53.4 Å². The number of nitrogens with one attached hydrogen (secondary N) is 1. The van der Waals surface area contributed by atoms with Crippen molar-refractivity contribution < 1.29 is 23.9 Å². The van der Waals surface area contributed by atoms with Crippen LogP contribution in [0.15, 0.2) is 48.5 Å². The first-order chi connectivity index (χ1) is 14.7. The van der Waals surface area contributed by atoms with Gasteiger partial charge < -0.3 is 24.0 Å². The number of quaternary nitrogens is 1. The van der Waals surface area contributed by atoms with Crippen LogP contribution < -0.4 is 14.4 Å². The lowest BCUT2D eigenvalue weighted by Gasteiger charge is -2.31. The standard InChI is InChI=1S/C24H30N2O4/c1-3-25-13-7-10-20(25)16-26(15-18-11-12-21-22(14-18)30-17-29-21)24(27)23(28-2)19-8-5-4-6-9-19/h4-6,8-9,11-12,14,20,23H,3,7,10,13,15-17H2,1-2H3/p+1/t20-,23+/m0/s1. The molecule has 1 N–H and O–H groups in total. The fourth-order valence-electron chi connectivity index (χ4n) is 4.60. The predicted molar refractivity (Wildman–Crippen MR) is 114 cm³/mol. The highest BCUT2D eigenvalue weighted by atomic mass is 16.7. The molecule has 0 saturated carbocycles. The number of ether oxygens (including phenoxy) is 3. The number of likely N-dealkylation sites (N-methyl/N-ethyl adjacent to an activating group) is 1. The van der Waals surface area contributed by atoms with Crippen LogP contribution in [0, 0.1) is 0 Å². The van der Waals surface area contributed by atoms with Gasteiger partial charge in [-0.05, 0) is 30.2 Å². The third-order valence-electron chi connectivity index (χ3n) is 6.21. The number of carbonyl (C=O) groups is 1. The van der Waals surface area contributed by atoms with Gasteiger partial charge in [-0.15, -0.1) is 0 Å². The molecule has 1 fully saturated rings. The number of fused-ring (bicyclic) bond motifs is 1. The van der Waals surface area contributed by atoms with Crippen molar-refractivity contribution in [3.05, 3.63) is 59.7 Å². The average Bonchev–Trinajstić information content (AvgIpc) is 3.43. The highest BCUT2D eigenvalue weighted by Crippen LogP contribution is 2.33. The van der Waals surface area contributed by atoms with Gasteiger partial charge in [0.25, 0.3) is 5.91 Å². The van der Waals surface area contributed by atoms with Gasteiger partial charge in [0.2, 0.25) is 6.79 Å². The van der Waals surface area contributed by atoms with Crippen LogP contribution in [0.1, 0.15) is 37.0 Å². The number of methoxy groups -OCH3 is 1. The van der Waals surface area contributed by atoms with Gasteiger partial charge >= 0.3 is 0 Å². The summed E-state index contributed by atoms with van der Waals surface area (Å²) >= 11 is 0. The molecule has 2 aromatic rings. The third kappa shape index (κ3) is 4.45. The molecule has 2 heterocycles. The number of hydrogen-bond acceptors (Lipinski definition) is 4. The lowest BCUT2D eigenvalue weighted by atomic mass is 10.1. The zero-order valence-electron chi connectivity index (χ0n) is 17.8. The monoisotopic (exact) mass is 411 g/mol. The van der Waals surface area contributed by atoms with Crippen molar-refractivity contribution in [2.45, 2.75) is 38.5 Å². The van der Waals surface area contributed by atoms with E-state index in [0.29, 0.717) is 12.6 Å². The number of carbonyl (C=O) groups excluding carboxylic acids is 1. The van der Waals surface area contributed by atoms with E-state index < -0.39 is 6.10 Å². The second-order valence-corrected chi connectivity index (χ2v) is 8.03. The van der Waals surface area contributed by atoms with Crippen molar-refractivity contribution in [1.82, 2.24) is 4.90 Å². The molecular weight excluding hydrogens is 380 g/mol. The van der Waals surface area contributed by atoms with E-state index >= 15 is 0 Å². The molecule has 0 bridgehead atoms. The Balaban J connectivity index is 1.58. The normalized spacial score (nSPS) is 20.9. The Kier molecular flexibility index (Phi) is 6.55. The van der Waals surface area contributed by atoms with Crippen molar-refractivity contribution in [1.29, 1.82) is 0 Å². The molecule has 30 heavy (non-hydrogen) atoms. The third-order valence-corrected chi connectivity index (χ3v) is 6.21. The van der Waals surface area contributed by atoms with E-state index in [-0.39, 0.29) is 12.7 Å². The fourth-order valence-corrected chi connectivity index (χ4v) is 4.60. The van der Waals surface area contributed by atoms with Gasteiger partial charge in [-0.1, -0.05) is 36.4 Å². The van der Waals surface area contributed by atoms with E-state index in [0.717, 1.165) is 42.1 Å². The molecule has 4 rings (SSSR count). The molecule has 0 aliphatic carbocycles. The largest absolute Gasteiger partial charge is 0.454 e.